The lowest BCUT2D eigenvalue weighted by molar-refractivity contribution is -0.132. The number of amides is 1. The molecule has 1 amide bonds. The van der Waals surface area contributed by atoms with E-state index in [1.54, 1.807) is 0 Å². The third-order valence-corrected chi connectivity index (χ3v) is 3.80. The number of H-pyrrole nitrogens is 1. The molecule has 1 unspecified atom stereocenters. The molecular weight excluding hydrogens is 226 g/mol. The van der Waals surface area contributed by atoms with Crippen molar-refractivity contribution in [2.75, 3.05) is 26.2 Å². The second-order valence-corrected chi connectivity index (χ2v) is 4.82. The number of hydrogen-bond donors (Lipinski definition) is 1. The summed E-state index contributed by atoms with van der Waals surface area (Å²) in [4.78, 5) is 19.6. The topological polar surface area (TPSA) is 39.3 Å². The Morgan fingerprint density at radius 1 is 1.50 bits per heavy atom. The summed E-state index contributed by atoms with van der Waals surface area (Å²) in [5.74, 6) is 0.249. The van der Waals surface area contributed by atoms with E-state index in [1.165, 1.54) is 12.1 Å². The maximum absolute atomic E-state index is 12.2. The minimum atomic E-state index is 0.249. The van der Waals surface area contributed by atoms with Crippen molar-refractivity contribution in [3.63, 3.8) is 0 Å². The quantitative estimate of drug-likeness (QED) is 0.867. The van der Waals surface area contributed by atoms with Gasteiger partial charge in [0, 0.05) is 25.0 Å². The number of nitrogens with one attached hydrogen (secondary N) is 1. The molecule has 0 aromatic carbocycles. The third-order valence-electron chi connectivity index (χ3n) is 3.80. The lowest BCUT2D eigenvalue weighted by atomic mass is 10.1. The molecule has 0 aliphatic carbocycles. The number of rotatable bonds is 5. The first-order valence-corrected chi connectivity index (χ1v) is 6.91. The van der Waals surface area contributed by atoms with Crippen molar-refractivity contribution in [3.8, 4) is 0 Å². The molecular formula is C14H23N3O. The summed E-state index contributed by atoms with van der Waals surface area (Å²) in [5.41, 5.74) is 1.24. The van der Waals surface area contributed by atoms with Crippen LogP contribution in [0.25, 0.3) is 0 Å². The first-order chi connectivity index (χ1) is 8.76. The van der Waals surface area contributed by atoms with E-state index in [9.17, 15) is 4.79 Å². The average molecular weight is 249 g/mol. The van der Waals surface area contributed by atoms with Crippen LogP contribution in [0.15, 0.2) is 18.3 Å². The maximum Gasteiger partial charge on any atom is 0.236 e. The van der Waals surface area contributed by atoms with Crippen molar-refractivity contribution >= 4 is 5.91 Å². The highest BCUT2D eigenvalue weighted by Gasteiger charge is 2.28. The van der Waals surface area contributed by atoms with E-state index in [0.717, 1.165) is 26.1 Å². The molecule has 1 saturated heterocycles. The number of likely N-dealkylation sites (tertiary alicyclic amines) is 1. The zero-order chi connectivity index (χ0) is 13.0. The molecule has 1 fully saturated rings. The molecule has 18 heavy (non-hydrogen) atoms. The van der Waals surface area contributed by atoms with E-state index in [2.05, 4.69) is 16.0 Å². The van der Waals surface area contributed by atoms with Gasteiger partial charge in [-0.25, -0.2) is 0 Å². The molecule has 2 heterocycles. The molecule has 1 aliphatic heterocycles. The zero-order valence-electron chi connectivity index (χ0n) is 11.4. The molecule has 0 saturated carbocycles. The van der Waals surface area contributed by atoms with Gasteiger partial charge in [0.25, 0.3) is 0 Å². The minimum absolute atomic E-state index is 0.249. The van der Waals surface area contributed by atoms with Gasteiger partial charge in [0.2, 0.25) is 5.91 Å². The second-order valence-electron chi connectivity index (χ2n) is 4.82. The molecule has 1 aromatic heterocycles. The lowest BCUT2D eigenvalue weighted by Crippen LogP contribution is -2.40. The Kier molecular flexibility index (Phi) is 4.42. The van der Waals surface area contributed by atoms with Gasteiger partial charge < -0.3 is 9.88 Å². The first kappa shape index (κ1) is 13.1. The Labute approximate surface area is 109 Å². The summed E-state index contributed by atoms with van der Waals surface area (Å²) < 4.78 is 0. The van der Waals surface area contributed by atoms with Crippen molar-refractivity contribution in [3.05, 3.63) is 24.0 Å². The molecule has 1 atom stereocenters. The van der Waals surface area contributed by atoms with E-state index in [-0.39, 0.29) is 5.91 Å². The van der Waals surface area contributed by atoms with Crippen molar-refractivity contribution in [2.45, 2.75) is 32.7 Å². The largest absolute Gasteiger partial charge is 0.364 e. The van der Waals surface area contributed by atoms with Gasteiger partial charge >= 0.3 is 0 Å². The molecule has 4 heteroatoms. The van der Waals surface area contributed by atoms with Gasteiger partial charge in [-0.2, -0.15) is 0 Å². The predicted molar refractivity (Wildman–Crippen MR) is 72.3 cm³/mol. The van der Waals surface area contributed by atoms with Crippen molar-refractivity contribution in [1.29, 1.82) is 0 Å². The smallest absolute Gasteiger partial charge is 0.236 e. The number of nitrogens with zero attached hydrogens (tertiary/aromatic N) is 2. The summed E-state index contributed by atoms with van der Waals surface area (Å²) in [6, 6.07) is 4.53. The molecule has 4 nitrogen and oxygen atoms in total. The maximum atomic E-state index is 12.2. The standard InChI is InChI=1S/C14H23N3O/c1-3-16(4-2)14(18)11-17-10-6-8-13(17)12-7-5-9-15-12/h5,7,9,13,15H,3-4,6,8,10-11H2,1-2H3. The normalized spacial score (nSPS) is 20.2. The molecule has 2 rings (SSSR count). The average Bonchev–Trinajstić information content (AvgIpc) is 3.00. The van der Waals surface area contributed by atoms with Gasteiger partial charge in [-0.15, -0.1) is 0 Å². The van der Waals surface area contributed by atoms with E-state index in [4.69, 9.17) is 0 Å². The lowest BCUT2D eigenvalue weighted by Gasteiger charge is -2.26. The summed E-state index contributed by atoms with van der Waals surface area (Å²) in [5, 5.41) is 0. The van der Waals surface area contributed by atoms with E-state index in [0.29, 0.717) is 12.6 Å². The fourth-order valence-corrected chi connectivity index (χ4v) is 2.77. The van der Waals surface area contributed by atoms with E-state index in [1.807, 2.05) is 31.0 Å². The molecule has 100 valence electrons. The number of carbonyl (C=O) groups is 1. The Balaban J connectivity index is 1.98. The molecule has 0 spiro atoms. The molecule has 1 aromatic rings. The summed E-state index contributed by atoms with van der Waals surface area (Å²) in [6.07, 6.45) is 4.28. The summed E-state index contributed by atoms with van der Waals surface area (Å²) in [7, 11) is 0. The first-order valence-electron chi connectivity index (χ1n) is 6.91. The molecule has 0 radical (unpaired) electrons. The van der Waals surface area contributed by atoms with Gasteiger partial charge in [-0.1, -0.05) is 0 Å². The van der Waals surface area contributed by atoms with Crippen LogP contribution in [0.3, 0.4) is 0 Å². The van der Waals surface area contributed by atoms with Gasteiger partial charge in [0.1, 0.15) is 0 Å². The fourth-order valence-electron chi connectivity index (χ4n) is 2.77. The highest BCUT2D eigenvalue weighted by Crippen LogP contribution is 2.30. The van der Waals surface area contributed by atoms with Crippen LogP contribution in [-0.4, -0.2) is 46.9 Å². The van der Waals surface area contributed by atoms with Crippen LogP contribution < -0.4 is 0 Å². The van der Waals surface area contributed by atoms with Gasteiger partial charge in [0.05, 0.1) is 12.6 Å². The Hall–Kier alpha value is -1.29. The van der Waals surface area contributed by atoms with Crippen LogP contribution in [0, 0.1) is 0 Å². The van der Waals surface area contributed by atoms with Crippen LogP contribution in [0.5, 0.6) is 0 Å². The van der Waals surface area contributed by atoms with Gasteiger partial charge in [-0.05, 0) is 45.4 Å². The van der Waals surface area contributed by atoms with Crippen molar-refractivity contribution < 1.29 is 4.79 Å². The highest BCUT2D eigenvalue weighted by molar-refractivity contribution is 5.78. The van der Waals surface area contributed by atoms with Crippen LogP contribution in [-0.2, 0) is 4.79 Å². The Bertz CT molecular complexity index is 370. The van der Waals surface area contributed by atoms with Gasteiger partial charge in [0.15, 0.2) is 0 Å². The Morgan fingerprint density at radius 3 is 2.89 bits per heavy atom. The SMILES string of the molecule is CCN(CC)C(=O)CN1CCCC1c1ccc[nH]1. The zero-order valence-corrected chi connectivity index (χ0v) is 11.4. The second kappa shape index (κ2) is 6.05. The molecule has 0 bridgehead atoms. The number of aromatic amines is 1. The van der Waals surface area contributed by atoms with E-state index >= 15 is 0 Å². The predicted octanol–water partition coefficient (Wildman–Crippen LogP) is 2.02. The van der Waals surface area contributed by atoms with Gasteiger partial charge in [-0.3, -0.25) is 9.69 Å². The minimum Gasteiger partial charge on any atom is -0.364 e. The van der Waals surface area contributed by atoms with Crippen LogP contribution in [0.2, 0.25) is 0 Å². The number of aromatic nitrogens is 1. The Morgan fingerprint density at radius 2 is 2.28 bits per heavy atom. The van der Waals surface area contributed by atoms with Crippen molar-refractivity contribution in [1.82, 2.24) is 14.8 Å². The van der Waals surface area contributed by atoms with Crippen LogP contribution in [0.4, 0.5) is 0 Å². The van der Waals surface area contributed by atoms with Crippen LogP contribution in [0.1, 0.15) is 38.4 Å². The van der Waals surface area contributed by atoms with Crippen molar-refractivity contribution in [2.24, 2.45) is 0 Å². The summed E-state index contributed by atoms with van der Waals surface area (Å²) in [6.45, 7) is 7.25. The number of carbonyl (C=O) groups excluding carboxylic acids is 1. The number of hydrogen-bond acceptors (Lipinski definition) is 2. The third kappa shape index (κ3) is 2.75. The van der Waals surface area contributed by atoms with E-state index < -0.39 is 0 Å². The highest BCUT2D eigenvalue weighted by atomic mass is 16.2. The summed E-state index contributed by atoms with van der Waals surface area (Å²) >= 11 is 0. The number of likely N-dealkylation sites (N-methyl/N-ethyl adjacent to an activating group) is 1. The fraction of sp³-hybridized carbons (Fsp3) is 0.643. The molecule has 1 aliphatic rings. The monoisotopic (exact) mass is 249 g/mol. The van der Waals surface area contributed by atoms with Crippen LogP contribution >= 0.6 is 0 Å². The molecule has 1 N–H and O–H groups in total.